The van der Waals surface area contributed by atoms with Crippen LogP contribution >= 0.6 is 0 Å². The molecule has 2 aromatic carbocycles. The molecule has 0 spiro atoms. The van der Waals surface area contributed by atoms with Gasteiger partial charge in [0.2, 0.25) is 0 Å². The molecule has 0 unspecified atom stereocenters. The standard InChI is InChI=1S/C19H18F3N3O/c1-24(13-18-23-11-12-25(18)14-19(20,21)22)15-7-9-17(10-8-15)26-16-5-3-2-4-6-16/h2-12H,13-14H2,1H3. The summed E-state index contributed by atoms with van der Waals surface area (Å²) >= 11 is 0. The minimum Gasteiger partial charge on any atom is -0.457 e. The van der Waals surface area contributed by atoms with Gasteiger partial charge in [0.1, 0.15) is 23.9 Å². The van der Waals surface area contributed by atoms with E-state index in [1.165, 1.54) is 12.4 Å². The quantitative estimate of drug-likeness (QED) is 0.627. The van der Waals surface area contributed by atoms with Crippen LogP contribution in [-0.2, 0) is 13.1 Å². The number of anilines is 1. The third kappa shape index (κ3) is 4.78. The molecule has 0 amide bonds. The number of halogens is 3. The molecule has 0 bridgehead atoms. The summed E-state index contributed by atoms with van der Waals surface area (Å²) in [6, 6.07) is 16.8. The second-order valence-electron chi connectivity index (χ2n) is 5.85. The van der Waals surface area contributed by atoms with Crippen molar-refractivity contribution in [3.05, 3.63) is 72.8 Å². The molecule has 7 heteroatoms. The SMILES string of the molecule is CN(Cc1nccn1CC(F)(F)F)c1ccc(Oc2ccccc2)cc1. The highest BCUT2D eigenvalue weighted by Crippen LogP contribution is 2.25. The van der Waals surface area contributed by atoms with Crippen LogP contribution in [0.15, 0.2) is 67.0 Å². The van der Waals surface area contributed by atoms with E-state index in [1.54, 1.807) is 7.05 Å². The molecule has 0 fully saturated rings. The maximum atomic E-state index is 12.6. The first kappa shape index (κ1) is 17.8. The van der Waals surface area contributed by atoms with Gasteiger partial charge in [0.15, 0.2) is 0 Å². The summed E-state index contributed by atoms with van der Waals surface area (Å²) in [7, 11) is 1.81. The molecule has 0 N–H and O–H groups in total. The van der Waals surface area contributed by atoms with Gasteiger partial charge >= 0.3 is 6.18 Å². The summed E-state index contributed by atoms with van der Waals surface area (Å²) in [4.78, 5) is 5.87. The smallest absolute Gasteiger partial charge is 0.406 e. The van der Waals surface area contributed by atoms with Crippen molar-refractivity contribution in [2.75, 3.05) is 11.9 Å². The number of nitrogens with zero attached hydrogens (tertiary/aromatic N) is 3. The molecule has 0 saturated carbocycles. The first-order chi connectivity index (χ1) is 12.4. The Morgan fingerprint density at radius 3 is 2.31 bits per heavy atom. The average molecular weight is 361 g/mol. The van der Waals surface area contributed by atoms with Crippen LogP contribution in [0.25, 0.3) is 0 Å². The molecule has 1 heterocycles. The van der Waals surface area contributed by atoms with Gasteiger partial charge in [-0.05, 0) is 36.4 Å². The van der Waals surface area contributed by atoms with Gasteiger partial charge in [0.25, 0.3) is 0 Å². The van der Waals surface area contributed by atoms with Gasteiger partial charge in [0.05, 0.1) is 6.54 Å². The Balaban J connectivity index is 1.65. The lowest BCUT2D eigenvalue weighted by Gasteiger charge is -2.20. The Hall–Kier alpha value is -2.96. The third-order valence-corrected chi connectivity index (χ3v) is 3.79. The van der Waals surface area contributed by atoms with Gasteiger partial charge in [-0.1, -0.05) is 18.2 Å². The number of benzene rings is 2. The molecule has 3 aromatic rings. The summed E-state index contributed by atoms with van der Waals surface area (Å²) in [5.41, 5.74) is 0.854. The molecule has 0 aliphatic rings. The van der Waals surface area contributed by atoms with Gasteiger partial charge in [-0.2, -0.15) is 13.2 Å². The number of aromatic nitrogens is 2. The molecule has 26 heavy (non-hydrogen) atoms. The van der Waals surface area contributed by atoms with Crippen molar-refractivity contribution >= 4 is 5.69 Å². The number of para-hydroxylation sites is 1. The number of hydrogen-bond acceptors (Lipinski definition) is 3. The highest BCUT2D eigenvalue weighted by Gasteiger charge is 2.28. The van der Waals surface area contributed by atoms with Crippen LogP contribution in [0.1, 0.15) is 5.82 Å². The summed E-state index contributed by atoms with van der Waals surface area (Å²) in [5.74, 6) is 1.78. The third-order valence-electron chi connectivity index (χ3n) is 3.79. The van der Waals surface area contributed by atoms with Crippen LogP contribution in [0.3, 0.4) is 0 Å². The molecule has 0 radical (unpaired) electrons. The van der Waals surface area contributed by atoms with Crippen LogP contribution in [0, 0.1) is 0 Å². The molecular formula is C19H18F3N3O. The van der Waals surface area contributed by atoms with Crippen molar-refractivity contribution in [1.82, 2.24) is 9.55 Å². The molecule has 0 atom stereocenters. The first-order valence-electron chi connectivity index (χ1n) is 8.01. The lowest BCUT2D eigenvalue weighted by Crippen LogP contribution is -2.23. The maximum Gasteiger partial charge on any atom is 0.406 e. The van der Waals surface area contributed by atoms with E-state index >= 15 is 0 Å². The van der Waals surface area contributed by atoms with E-state index in [9.17, 15) is 13.2 Å². The minimum atomic E-state index is -4.27. The predicted molar refractivity (Wildman–Crippen MR) is 93.3 cm³/mol. The Morgan fingerprint density at radius 2 is 1.65 bits per heavy atom. The zero-order valence-corrected chi connectivity index (χ0v) is 14.1. The zero-order chi connectivity index (χ0) is 18.6. The van der Waals surface area contributed by atoms with E-state index in [2.05, 4.69) is 4.98 Å². The highest BCUT2D eigenvalue weighted by molar-refractivity contribution is 5.49. The van der Waals surface area contributed by atoms with E-state index in [1.807, 2.05) is 59.5 Å². The number of hydrogen-bond donors (Lipinski definition) is 0. The lowest BCUT2D eigenvalue weighted by molar-refractivity contribution is -0.141. The van der Waals surface area contributed by atoms with Crippen LogP contribution in [0.4, 0.5) is 18.9 Å². The fourth-order valence-corrected chi connectivity index (χ4v) is 2.53. The summed E-state index contributed by atoms with van der Waals surface area (Å²) in [6.07, 6.45) is -1.55. The average Bonchev–Trinajstić information content (AvgIpc) is 3.01. The second kappa shape index (κ2) is 7.51. The lowest BCUT2D eigenvalue weighted by atomic mass is 10.2. The van der Waals surface area contributed by atoms with Gasteiger partial charge < -0.3 is 14.2 Å². The highest BCUT2D eigenvalue weighted by atomic mass is 19.4. The number of rotatable bonds is 6. The molecule has 0 aliphatic carbocycles. The van der Waals surface area contributed by atoms with Crippen molar-refractivity contribution in [3.8, 4) is 11.5 Å². The molecular weight excluding hydrogens is 343 g/mol. The maximum absolute atomic E-state index is 12.6. The first-order valence-corrected chi connectivity index (χ1v) is 8.01. The van der Waals surface area contributed by atoms with Crippen molar-refractivity contribution < 1.29 is 17.9 Å². The summed E-state index contributed by atoms with van der Waals surface area (Å²) in [6.45, 7) is -0.776. The number of alkyl halides is 3. The second-order valence-corrected chi connectivity index (χ2v) is 5.85. The largest absolute Gasteiger partial charge is 0.457 e. The molecule has 4 nitrogen and oxygen atoms in total. The van der Waals surface area contributed by atoms with Crippen LogP contribution < -0.4 is 9.64 Å². The monoisotopic (exact) mass is 361 g/mol. The van der Waals surface area contributed by atoms with Gasteiger partial charge in [-0.3, -0.25) is 0 Å². The van der Waals surface area contributed by atoms with Crippen molar-refractivity contribution in [2.45, 2.75) is 19.3 Å². The number of imidazole rings is 1. The number of ether oxygens (including phenoxy) is 1. The molecule has 0 saturated heterocycles. The Labute approximate surface area is 149 Å². The fourth-order valence-electron chi connectivity index (χ4n) is 2.53. The van der Waals surface area contributed by atoms with Gasteiger partial charge in [-0.25, -0.2) is 4.98 Å². The Bertz CT molecular complexity index is 829. The summed E-state index contributed by atoms with van der Waals surface area (Å²) < 4.78 is 44.7. The van der Waals surface area contributed by atoms with Gasteiger partial charge in [-0.15, -0.1) is 0 Å². The van der Waals surface area contributed by atoms with E-state index in [-0.39, 0.29) is 6.54 Å². The molecule has 136 valence electrons. The van der Waals surface area contributed by atoms with E-state index in [0.29, 0.717) is 11.6 Å². The minimum absolute atomic E-state index is 0.266. The Morgan fingerprint density at radius 1 is 1.00 bits per heavy atom. The Kier molecular flexibility index (Phi) is 5.16. The van der Waals surface area contributed by atoms with Crippen LogP contribution in [-0.4, -0.2) is 22.8 Å². The van der Waals surface area contributed by atoms with Crippen LogP contribution in [0.5, 0.6) is 11.5 Å². The normalized spacial score (nSPS) is 11.4. The predicted octanol–water partition coefficient (Wildman–Crippen LogP) is 4.87. The topological polar surface area (TPSA) is 30.3 Å². The van der Waals surface area contributed by atoms with Crippen molar-refractivity contribution in [1.29, 1.82) is 0 Å². The van der Waals surface area contributed by atoms with E-state index in [0.717, 1.165) is 16.0 Å². The van der Waals surface area contributed by atoms with Crippen LogP contribution in [0.2, 0.25) is 0 Å². The molecule has 1 aromatic heterocycles. The summed E-state index contributed by atoms with van der Waals surface area (Å²) in [5, 5.41) is 0. The van der Waals surface area contributed by atoms with Crippen molar-refractivity contribution in [2.24, 2.45) is 0 Å². The molecule has 0 aliphatic heterocycles. The van der Waals surface area contributed by atoms with E-state index in [4.69, 9.17) is 4.74 Å². The molecule has 3 rings (SSSR count). The zero-order valence-electron chi connectivity index (χ0n) is 14.1. The fraction of sp³-hybridized carbons (Fsp3) is 0.211. The van der Waals surface area contributed by atoms with Crippen molar-refractivity contribution in [3.63, 3.8) is 0 Å². The van der Waals surface area contributed by atoms with E-state index < -0.39 is 12.7 Å². The van der Waals surface area contributed by atoms with Gasteiger partial charge in [0, 0.05) is 25.1 Å².